The Morgan fingerprint density at radius 3 is 2.17 bits per heavy atom. The Labute approximate surface area is 201 Å². The van der Waals surface area contributed by atoms with Crippen molar-refractivity contribution in [1.82, 2.24) is 0 Å². The van der Waals surface area contributed by atoms with E-state index < -0.39 is 30.2 Å². The van der Waals surface area contributed by atoms with Gasteiger partial charge in [-0.2, -0.15) is 13.2 Å². The van der Waals surface area contributed by atoms with Gasteiger partial charge in [-0.05, 0) is 80.7 Å². The molecule has 0 bridgehead atoms. The Hall–Kier alpha value is -3.30. The number of carboxylic acids is 1. The summed E-state index contributed by atoms with van der Waals surface area (Å²) in [6.07, 6.45) is -8.98. The number of aromatic carboxylic acids is 1. The average molecular weight is 506 g/mol. The van der Waals surface area contributed by atoms with E-state index in [2.05, 4.69) is 0 Å². The molecule has 182 valence electrons. The number of halogens is 5. The smallest absolute Gasteiger partial charge is 0.416 e. The molecule has 0 radical (unpaired) electrons. The highest BCUT2D eigenvalue weighted by Crippen LogP contribution is 2.40. The molecular weight excluding hydrogens is 487 g/mol. The van der Waals surface area contributed by atoms with Crippen molar-refractivity contribution in [3.8, 4) is 22.3 Å². The second-order valence-corrected chi connectivity index (χ2v) is 8.90. The molecule has 3 aromatic carbocycles. The van der Waals surface area contributed by atoms with Gasteiger partial charge in [-0.25, -0.2) is 13.6 Å². The molecule has 1 aromatic heterocycles. The number of hydrogen-bond acceptors (Lipinski definition) is 3. The number of fused-ring (bicyclic) bond motifs is 1. The number of thiophene rings is 1. The summed E-state index contributed by atoms with van der Waals surface area (Å²) in [5, 5.41) is 22.4. The van der Waals surface area contributed by atoms with Crippen molar-refractivity contribution >= 4 is 28.1 Å². The first-order valence-electron chi connectivity index (χ1n) is 10.6. The molecule has 1 atom stereocenters. The zero-order chi connectivity index (χ0) is 25.5. The monoisotopic (exact) mass is 506 g/mol. The number of aliphatic hydroxyl groups is 1. The molecule has 0 saturated carbocycles. The van der Waals surface area contributed by atoms with Gasteiger partial charge >= 0.3 is 12.1 Å². The van der Waals surface area contributed by atoms with Crippen LogP contribution in [0, 0.1) is 0 Å². The van der Waals surface area contributed by atoms with E-state index in [1.54, 1.807) is 30.5 Å². The van der Waals surface area contributed by atoms with E-state index in [1.165, 1.54) is 24.3 Å². The summed E-state index contributed by atoms with van der Waals surface area (Å²) in [7, 11) is 0. The van der Waals surface area contributed by atoms with Crippen LogP contribution in [0.25, 0.3) is 33.0 Å². The minimum Gasteiger partial charge on any atom is -0.478 e. The lowest BCUT2D eigenvalue weighted by Gasteiger charge is -2.15. The van der Waals surface area contributed by atoms with E-state index in [0.29, 0.717) is 45.0 Å². The maximum Gasteiger partial charge on any atom is 0.416 e. The van der Waals surface area contributed by atoms with Gasteiger partial charge < -0.3 is 10.2 Å². The Bertz CT molecular complexity index is 1390. The fourth-order valence-corrected chi connectivity index (χ4v) is 4.99. The summed E-state index contributed by atoms with van der Waals surface area (Å²) in [6.45, 7) is 1.80. The summed E-state index contributed by atoms with van der Waals surface area (Å²) >= 11 is 0.948. The van der Waals surface area contributed by atoms with Crippen molar-refractivity contribution in [2.45, 2.75) is 32.1 Å². The Morgan fingerprint density at radius 1 is 0.943 bits per heavy atom. The van der Waals surface area contributed by atoms with Crippen LogP contribution < -0.4 is 0 Å². The van der Waals surface area contributed by atoms with Crippen LogP contribution >= 0.6 is 11.3 Å². The zero-order valence-electron chi connectivity index (χ0n) is 18.2. The number of aryl methyl sites for hydroxylation is 1. The van der Waals surface area contributed by atoms with Crippen molar-refractivity contribution in [2.75, 3.05) is 0 Å². The summed E-state index contributed by atoms with van der Waals surface area (Å²) in [4.78, 5) is 12.1. The molecule has 2 N–H and O–H groups in total. The molecule has 0 aliphatic rings. The van der Waals surface area contributed by atoms with Crippen LogP contribution in [-0.4, -0.2) is 22.6 Å². The average Bonchev–Trinajstić information content (AvgIpc) is 3.31. The number of carbonyl (C=O) groups is 1. The molecule has 0 spiro atoms. The van der Waals surface area contributed by atoms with E-state index in [-0.39, 0.29) is 10.4 Å². The predicted molar refractivity (Wildman–Crippen MR) is 125 cm³/mol. The first-order chi connectivity index (χ1) is 16.5. The van der Waals surface area contributed by atoms with Crippen molar-refractivity contribution in [1.29, 1.82) is 0 Å². The fraction of sp³-hybridized carbons (Fsp3) is 0.192. The second-order valence-electron chi connectivity index (χ2n) is 7.96. The maximum atomic E-state index is 13.0. The number of benzene rings is 3. The van der Waals surface area contributed by atoms with Gasteiger partial charge in [0.25, 0.3) is 6.43 Å². The molecule has 4 aromatic rings. The highest BCUT2D eigenvalue weighted by Gasteiger charge is 2.30. The predicted octanol–water partition coefficient (Wildman–Crippen LogP) is 7.81. The molecule has 35 heavy (non-hydrogen) atoms. The van der Waals surface area contributed by atoms with Crippen molar-refractivity contribution in [3.05, 3.63) is 81.5 Å². The van der Waals surface area contributed by atoms with Crippen LogP contribution in [-0.2, 0) is 12.6 Å². The van der Waals surface area contributed by atoms with Crippen molar-refractivity contribution < 1.29 is 37.0 Å². The van der Waals surface area contributed by atoms with Gasteiger partial charge in [-0.15, -0.1) is 11.3 Å². The highest BCUT2D eigenvalue weighted by atomic mass is 32.1. The molecule has 0 aliphatic heterocycles. The third-order valence-electron chi connectivity index (χ3n) is 5.84. The molecule has 0 aliphatic carbocycles. The number of alkyl halides is 5. The number of aliphatic hydroxyl groups excluding tert-OH is 1. The Kier molecular flexibility index (Phi) is 6.66. The van der Waals surface area contributed by atoms with Crippen molar-refractivity contribution in [2.24, 2.45) is 0 Å². The van der Waals surface area contributed by atoms with Gasteiger partial charge in [0, 0.05) is 4.88 Å². The van der Waals surface area contributed by atoms with E-state index in [0.717, 1.165) is 23.5 Å². The molecule has 4 rings (SSSR count). The molecule has 0 saturated heterocycles. The minimum atomic E-state index is -4.46. The van der Waals surface area contributed by atoms with Crippen LogP contribution in [0.3, 0.4) is 0 Å². The first-order valence-corrected chi connectivity index (χ1v) is 11.4. The third-order valence-corrected chi connectivity index (χ3v) is 6.84. The second kappa shape index (κ2) is 9.39. The molecular formula is C26H19F5O3S. The summed E-state index contributed by atoms with van der Waals surface area (Å²) in [5.74, 6) is -1.16. The largest absolute Gasteiger partial charge is 0.478 e. The van der Waals surface area contributed by atoms with Gasteiger partial charge in [0.2, 0.25) is 0 Å². The lowest BCUT2D eigenvalue weighted by atomic mass is 9.89. The fourth-order valence-electron chi connectivity index (χ4n) is 4.10. The quantitative estimate of drug-likeness (QED) is 0.262. The number of hydrogen-bond donors (Lipinski definition) is 2. The highest BCUT2D eigenvalue weighted by molar-refractivity contribution is 7.10. The molecule has 9 heteroatoms. The van der Waals surface area contributed by atoms with Gasteiger partial charge in [-0.1, -0.05) is 31.2 Å². The van der Waals surface area contributed by atoms with Crippen LogP contribution in [0.1, 0.15) is 39.4 Å². The number of carboxylic acid groups (broad SMARTS) is 1. The third kappa shape index (κ3) is 4.78. The van der Waals surface area contributed by atoms with Crippen LogP contribution in [0.2, 0.25) is 0 Å². The molecule has 0 amide bonds. The standard InChI is InChI=1S/C26H19F5O3S/c1-2-17-20-9-14(13-3-6-16(7-4-13)26(29,30)31)5-8-18(20)19(11-21(17)25(33)34)15-10-22(35-12-15)23(32)24(27)28/h3-12,23-24,32H,2H2,1H3,(H,33,34). The molecule has 1 unspecified atom stereocenters. The van der Waals surface area contributed by atoms with E-state index in [1.807, 2.05) is 0 Å². The molecule has 3 nitrogen and oxygen atoms in total. The lowest BCUT2D eigenvalue weighted by Crippen LogP contribution is -2.05. The van der Waals surface area contributed by atoms with Crippen LogP contribution in [0.15, 0.2) is 60.0 Å². The van der Waals surface area contributed by atoms with E-state index in [4.69, 9.17) is 0 Å². The number of rotatable bonds is 6. The normalized spacial score (nSPS) is 12.9. The van der Waals surface area contributed by atoms with Crippen LogP contribution in [0.4, 0.5) is 22.0 Å². The van der Waals surface area contributed by atoms with Crippen LogP contribution in [0.5, 0.6) is 0 Å². The minimum absolute atomic E-state index is 0.0433. The topological polar surface area (TPSA) is 57.5 Å². The lowest BCUT2D eigenvalue weighted by molar-refractivity contribution is -0.137. The van der Waals surface area contributed by atoms with E-state index >= 15 is 0 Å². The van der Waals surface area contributed by atoms with Gasteiger partial charge in [0.05, 0.1) is 11.1 Å². The van der Waals surface area contributed by atoms with Gasteiger partial charge in [0.15, 0.2) is 0 Å². The Morgan fingerprint density at radius 2 is 1.60 bits per heavy atom. The van der Waals surface area contributed by atoms with Gasteiger partial charge in [-0.3, -0.25) is 0 Å². The zero-order valence-corrected chi connectivity index (χ0v) is 19.1. The summed E-state index contributed by atoms with van der Waals surface area (Å²) in [5.41, 5.74) is 1.94. The van der Waals surface area contributed by atoms with Crippen molar-refractivity contribution in [3.63, 3.8) is 0 Å². The van der Waals surface area contributed by atoms with Gasteiger partial charge in [0.1, 0.15) is 6.10 Å². The molecule has 1 heterocycles. The molecule has 0 fully saturated rings. The Balaban J connectivity index is 1.91. The SMILES string of the molecule is CCc1c(C(=O)O)cc(-c2csc(C(O)C(F)F)c2)c2ccc(-c3ccc(C(F)(F)F)cc3)cc12. The maximum absolute atomic E-state index is 13.0. The summed E-state index contributed by atoms with van der Waals surface area (Å²) < 4.78 is 64.7. The first kappa shape index (κ1) is 24.8. The summed E-state index contributed by atoms with van der Waals surface area (Å²) in [6, 6.07) is 12.8. The van der Waals surface area contributed by atoms with E-state index in [9.17, 15) is 37.0 Å².